The average molecular weight is 239 g/mol. The molecule has 2 aromatic rings. The summed E-state index contributed by atoms with van der Waals surface area (Å²) in [6.45, 7) is 0.472. The third-order valence-corrected chi connectivity index (χ3v) is 2.61. The van der Waals surface area contributed by atoms with Gasteiger partial charge in [0.2, 0.25) is 0 Å². The van der Waals surface area contributed by atoms with E-state index in [1.54, 1.807) is 12.1 Å². The van der Waals surface area contributed by atoms with Crippen LogP contribution in [0.25, 0.3) is 0 Å². The van der Waals surface area contributed by atoms with E-state index in [9.17, 15) is 0 Å². The molecule has 0 atom stereocenters. The van der Waals surface area contributed by atoms with Crippen molar-refractivity contribution in [3.05, 3.63) is 60.1 Å². The van der Waals surface area contributed by atoms with Crippen LogP contribution >= 0.6 is 0 Å². The van der Waals surface area contributed by atoms with Crippen molar-refractivity contribution in [1.29, 1.82) is 10.7 Å². The van der Waals surface area contributed by atoms with Crippen LogP contribution in [0.1, 0.15) is 11.3 Å². The zero-order chi connectivity index (χ0) is 12.8. The monoisotopic (exact) mass is 239 g/mol. The maximum absolute atomic E-state index is 9.07. The second-order valence-corrected chi connectivity index (χ2v) is 3.81. The molecule has 0 aliphatic rings. The molecule has 1 N–H and O–H groups in total. The Hall–Kier alpha value is -2.54. The van der Waals surface area contributed by atoms with Crippen molar-refractivity contribution in [3.8, 4) is 6.19 Å². The van der Waals surface area contributed by atoms with Gasteiger partial charge >= 0.3 is 0 Å². The number of benzene rings is 1. The SMILES string of the molecule is N#CN(CCc1ccccc1)C(=N)c1ccco1. The molecule has 0 saturated carbocycles. The molecule has 2 rings (SSSR count). The number of nitrogens with zero attached hydrogens (tertiary/aromatic N) is 2. The van der Waals surface area contributed by atoms with Crippen LogP contribution in [0, 0.1) is 16.9 Å². The summed E-state index contributed by atoms with van der Waals surface area (Å²) >= 11 is 0. The van der Waals surface area contributed by atoms with Crippen molar-refractivity contribution < 1.29 is 4.42 Å². The van der Waals surface area contributed by atoms with Crippen LogP contribution in [-0.4, -0.2) is 17.3 Å². The zero-order valence-electron chi connectivity index (χ0n) is 9.84. The molecule has 0 fully saturated rings. The van der Waals surface area contributed by atoms with Crippen molar-refractivity contribution in [1.82, 2.24) is 4.90 Å². The maximum atomic E-state index is 9.07. The number of rotatable bonds is 4. The summed E-state index contributed by atoms with van der Waals surface area (Å²) in [5, 5.41) is 16.9. The highest BCUT2D eigenvalue weighted by molar-refractivity contribution is 5.94. The average Bonchev–Trinajstić information content (AvgIpc) is 2.94. The van der Waals surface area contributed by atoms with Crippen LogP contribution < -0.4 is 0 Å². The molecular formula is C14H13N3O. The molecule has 1 aromatic heterocycles. The third-order valence-electron chi connectivity index (χ3n) is 2.61. The molecule has 0 amide bonds. The van der Waals surface area contributed by atoms with E-state index in [1.807, 2.05) is 36.5 Å². The Kier molecular flexibility index (Phi) is 3.77. The largest absolute Gasteiger partial charge is 0.461 e. The van der Waals surface area contributed by atoms with E-state index in [1.165, 1.54) is 11.2 Å². The molecule has 0 unspecified atom stereocenters. The predicted octanol–water partition coefficient (Wildman–Crippen LogP) is 2.63. The second kappa shape index (κ2) is 5.69. The normalized spacial score (nSPS) is 9.72. The van der Waals surface area contributed by atoms with E-state index in [4.69, 9.17) is 15.1 Å². The summed E-state index contributed by atoms with van der Waals surface area (Å²) in [4.78, 5) is 1.33. The fourth-order valence-electron chi connectivity index (χ4n) is 1.64. The number of furan rings is 1. The minimum absolute atomic E-state index is 0.0958. The highest BCUT2D eigenvalue weighted by Gasteiger charge is 2.13. The second-order valence-electron chi connectivity index (χ2n) is 3.81. The summed E-state index contributed by atoms with van der Waals surface area (Å²) in [5.74, 6) is 0.503. The van der Waals surface area contributed by atoms with Gasteiger partial charge in [-0.1, -0.05) is 30.3 Å². The Labute approximate surface area is 106 Å². The van der Waals surface area contributed by atoms with Gasteiger partial charge in [0.15, 0.2) is 17.8 Å². The number of hydrogen-bond acceptors (Lipinski definition) is 3. The van der Waals surface area contributed by atoms with E-state index in [0.717, 1.165) is 12.0 Å². The van der Waals surface area contributed by atoms with Gasteiger partial charge in [0.1, 0.15) is 0 Å². The number of amidine groups is 1. The van der Waals surface area contributed by atoms with Gasteiger partial charge in [-0.05, 0) is 24.1 Å². The first-order valence-corrected chi connectivity index (χ1v) is 5.65. The van der Waals surface area contributed by atoms with Crippen molar-refractivity contribution in [3.63, 3.8) is 0 Å². The van der Waals surface area contributed by atoms with E-state index < -0.39 is 0 Å². The molecule has 90 valence electrons. The first-order valence-electron chi connectivity index (χ1n) is 5.65. The van der Waals surface area contributed by atoms with Gasteiger partial charge in [-0.15, -0.1) is 0 Å². The maximum Gasteiger partial charge on any atom is 0.185 e. The van der Waals surface area contributed by atoms with E-state index in [0.29, 0.717) is 12.3 Å². The Bertz CT molecular complexity index is 540. The Balaban J connectivity index is 1.99. The summed E-state index contributed by atoms with van der Waals surface area (Å²) in [7, 11) is 0. The Morgan fingerprint density at radius 2 is 2.00 bits per heavy atom. The fraction of sp³-hybridized carbons (Fsp3) is 0.143. The molecule has 0 saturated heterocycles. The highest BCUT2D eigenvalue weighted by atomic mass is 16.3. The van der Waals surface area contributed by atoms with Gasteiger partial charge in [0, 0.05) is 6.54 Å². The standard InChI is InChI=1S/C14H13N3O/c15-11-17(14(16)13-7-4-10-18-13)9-8-12-5-2-1-3-6-12/h1-7,10,16H,8-9H2. The third kappa shape index (κ3) is 2.77. The van der Waals surface area contributed by atoms with Gasteiger partial charge in [0.05, 0.1) is 6.26 Å². The van der Waals surface area contributed by atoms with Gasteiger partial charge in [-0.25, -0.2) is 0 Å². The van der Waals surface area contributed by atoms with Crippen molar-refractivity contribution in [2.45, 2.75) is 6.42 Å². The van der Waals surface area contributed by atoms with Crippen LogP contribution in [0.4, 0.5) is 0 Å². The van der Waals surface area contributed by atoms with Gasteiger partial charge in [-0.2, -0.15) is 5.26 Å². The molecule has 18 heavy (non-hydrogen) atoms. The van der Waals surface area contributed by atoms with E-state index in [-0.39, 0.29) is 5.84 Å². The molecular weight excluding hydrogens is 226 g/mol. The molecule has 0 spiro atoms. The van der Waals surface area contributed by atoms with Crippen LogP contribution in [0.2, 0.25) is 0 Å². The van der Waals surface area contributed by atoms with E-state index >= 15 is 0 Å². The Morgan fingerprint density at radius 1 is 1.22 bits per heavy atom. The van der Waals surface area contributed by atoms with E-state index in [2.05, 4.69) is 0 Å². The Morgan fingerprint density at radius 3 is 2.61 bits per heavy atom. The lowest BCUT2D eigenvalue weighted by atomic mass is 10.1. The molecule has 1 aromatic carbocycles. The smallest absolute Gasteiger partial charge is 0.185 e. The van der Waals surface area contributed by atoms with Crippen LogP contribution in [0.3, 0.4) is 0 Å². The van der Waals surface area contributed by atoms with Gasteiger partial charge < -0.3 is 4.42 Å². The van der Waals surface area contributed by atoms with Crippen molar-refractivity contribution >= 4 is 5.84 Å². The number of nitriles is 1. The van der Waals surface area contributed by atoms with Crippen molar-refractivity contribution in [2.75, 3.05) is 6.54 Å². The first kappa shape index (κ1) is 11.9. The topological polar surface area (TPSA) is 64.0 Å². The summed E-state index contributed by atoms with van der Waals surface area (Å²) in [6.07, 6.45) is 4.23. The fourth-order valence-corrected chi connectivity index (χ4v) is 1.64. The zero-order valence-corrected chi connectivity index (χ0v) is 9.84. The molecule has 4 heteroatoms. The van der Waals surface area contributed by atoms with Crippen molar-refractivity contribution in [2.24, 2.45) is 0 Å². The van der Waals surface area contributed by atoms with Gasteiger partial charge in [0.25, 0.3) is 0 Å². The molecule has 0 aliphatic carbocycles. The number of hydrogen-bond donors (Lipinski definition) is 1. The summed E-state index contributed by atoms with van der Waals surface area (Å²) in [6, 6.07) is 13.3. The lowest BCUT2D eigenvalue weighted by Gasteiger charge is -2.14. The minimum Gasteiger partial charge on any atom is -0.461 e. The lowest BCUT2D eigenvalue weighted by molar-refractivity contribution is 0.515. The summed E-state index contributed by atoms with van der Waals surface area (Å²) < 4.78 is 5.11. The minimum atomic E-state index is 0.0958. The highest BCUT2D eigenvalue weighted by Crippen LogP contribution is 2.07. The molecule has 0 radical (unpaired) electrons. The molecule has 4 nitrogen and oxygen atoms in total. The molecule has 0 bridgehead atoms. The first-order chi connectivity index (χ1) is 8.81. The predicted molar refractivity (Wildman–Crippen MR) is 68.0 cm³/mol. The van der Waals surface area contributed by atoms with Gasteiger partial charge in [-0.3, -0.25) is 10.3 Å². The lowest BCUT2D eigenvalue weighted by Crippen LogP contribution is -2.28. The van der Waals surface area contributed by atoms with Crippen LogP contribution in [0.15, 0.2) is 53.1 Å². The summed E-state index contributed by atoms with van der Waals surface area (Å²) in [5.41, 5.74) is 1.14. The number of nitrogens with one attached hydrogen (secondary N) is 1. The molecule has 1 heterocycles. The quantitative estimate of drug-likeness (QED) is 0.386. The van der Waals surface area contributed by atoms with Crippen LogP contribution in [0.5, 0.6) is 0 Å². The molecule has 0 aliphatic heterocycles. The van der Waals surface area contributed by atoms with Crippen LogP contribution in [-0.2, 0) is 6.42 Å².